The zero-order chi connectivity index (χ0) is 13.8. The quantitative estimate of drug-likeness (QED) is 0.526. The molecule has 1 saturated heterocycles. The summed E-state index contributed by atoms with van der Waals surface area (Å²) in [5, 5.41) is 0. The molecule has 1 aliphatic heterocycles. The Kier molecular flexibility index (Phi) is 5.80. The van der Waals surface area contributed by atoms with Crippen LogP contribution in [-0.4, -0.2) is 60.4 Å². The second-order valence-electron chi connectivity index (χ2n) is 6.08. The highest BCUT2D eigenvalue weighted by Gasteiger charge is 2.51. The molecule has 0 radical (unpaired) electrons. The van der Waals surface area contributed by atoms with Gasteiger partial charge in [-0.1, -0.05) is 13.8 Å². The molecule has 0 aromatic rings. The Morgan fingerprint density at radius 1 is 1.17 bits per heavy atom. The van der Waals surface area contributed by atoms with Crippen molar-refractivity contribution in [2.24, 2.45) is 5.92 Å². The van der Waals surface area contributed by atoms with Gasteiger partial charge in [-0.25, -0.2) is 0 Å². The largest absolute Gasteiger partial charge is 0.558 e. The van der Waals surface area contributed by atoms with E-state index in [1.807, 2.05) is 0 Å². The predicted molar refractivity (Wildman–Crippen MR) is 75.2 cm³/mol. The molecule has 0 N–H and O–H groups in total. The average Bonchev–Trinajstić information content (AvgIpc) is 2.67. The monoisotopic (exact) mass is 276 g/mol. The maximum atomic E-state index is 5.60. The number of hydrogen-bond donors (Lipinski definition) is 0. The molecule has 108 valence electrons. The Morgan fingerprint density at radius 2 is 1.72 bits per heavy atom. The van der Waals surface area contributed by atoms with Crippen LogP contribution in [-0.2, 0) is 13.3 Å². The van der Waals surface area contributed by atoms with Crippen molar-refractivity contribution in [2.75, 3.05) is 41.1 Å². The molecule has 0 bridgehead atoms. The maximum Gasteiger partial charge on any atom is 0.558 e. The van der Waals surface area contributed by atoms with Crippen LogP contribution in [0.2, 0.25) is 0 Å². The SMILES string of the molecule is CO[Si](C[N+]1(C)CCCC1CC(C)C)(OC)OC. The molecule has 0 aromatic heterocycles. The van der Waals surface area contributed by atoms with Crippen LogP contribution >= 0.6 is 0 Å². The van der Waals surface area contributed by atoms with E-state index in [0.29, 0.717) is 0 Å². The van der Waals surface area contributed by atoms with Gasteiger partial charge in [0.05, 0.1) is 19.6 Å². The molecule has 1 rings (SSSR count). The highest BCUT2D eigenvalue weighted by Crippen LogP contribution is 2.31. The molecule has 0 spiro atoms. The fraction of sp³-hybridized carbons (Fsp3) is 1.00. The summed E-state index contributed by atoms with van der Waals surface area (Å²) in [6.45, 7) is 5.81. The smallest absolute Gasteiger partial charge is 0.374 e. The van der Waals surface area contributed by atoms with Crippen LogP contribution in [0.1, 0.15) is 33.1 Å². The Hall–Kier alpha value is 0.0569. The van der Waals surface area contributed by atoms with Gasteiger partial charge >= 0.3 is 8.80 Å². The van der Waals surface area contributed by atoms with Crippen LogP contribution in [0.3, 0.4) is 0 Å². The minimum Gasteiger partial charge on any atom is -0.374 e. The van der Waals surface area contributed by atoms with Crippen LogP contribution in [0.4, 0.5) is 0 Å². The Balaban J connectivity index is 2.78. The van der Waals surface area contributed by atoms with Gasteiger partial charge in [-0.05, 0) is 5.92 Å². The minimum absolute atomic E-state index is 0.720. The Labute approximate surface area is 113 Å². The summed E-state index contributed by atoms with van der Waals surface area (Å²) < 4.78 is 17.8. The summed E-state index contributed by atoms with van der Waals surface area (Å²) in [5.74, 6) is 0.745. The molecule has 1 fully saturated rings. The highest BCUT2D eigenvalue weighted by molar-refractivity contribution is 6.60. The molecule has 0 aliphatic carbocycles. The number of quaternary nitrogens is 1. The first-order valence-corrected chi connectivity index (χ1v) is 8.84. The molecule has 4 nitrogen and oxygen atoms in total. The van der Waals surface area contributed by atoms with Gasteiger partial charge in [0.1, 0.15) is 6.17 Å². The zero-order valence-corrected chi connectivity index (χ0v) is 13.9. The molecule has 1 heterocycles. The van der Waals surface area contributed by atoms with Crippen molar-refractivity contribution >= 4 is 8.80 Å². The summed E-state index contributed by atoms with van der Waals surface area (Å²) in [6, 6.07) is 0.720. The Morgan fingerprint density at radius 3 is 2.17 bits per heavy atom. The predicted octanol–water partition coefficient (Wildman–Crippen LogP) is 2.06. The van der Waals surface area contributed by atoms with Crippen LogP contribution in [0, 0.1) is 5.92 Å². The standard InChI is InChI=1S/C13H30NO3Si/c1-12(2)10-13-8-7-9-14(13,3)11-18(15-4,16-5)17-6/h12-13H,7-11H2,1-6H3/q+1. The van der Waals surface area contributed by atoms with E-state index < -0.39 is 8.80 Å². The van der Waals surface area contributed by atoms with Crippen molar-refractivity contribution in [3.63, 3.8) is 0 Å². The molecule has 2 unspecified atom stereocenters. The van der Waals surface area contributed by atoms with Crippen LogP contribution in [0.15, 0.2) is 0 Å². The molecule has 18 heavy (non-hydrogen) atoms. The summed E-state index contributed by atoms with van der Waals surface area (Å²) >= 11 is 0. The molecule has 5 heteroatoms. The number of nitrogens with zero attached hydrogens (tertiary/aromatic N) is 1. The third kappa shape index (κ3) is 3.54. The van der Waals surface area contributed by atoms with E-state index in [1.165, 1.54) is 25.8 Å². The van der Waals surface area contributed by atoms with Gasteiger partial charge in [0, 0.05) is 40.6 Å². The van der Waals surface area contributed by atoms with Crippen molar-refractivity contribution in [3.8, 4) is 0 Å². The molecular formula is C13H30NO3Si+. The minimum atomic E-state index is -2.48. The van der Waals surface area contributed by atoms with E-state index in [2.05, 4.69) is 20.9 Å². The van der Waals surface area contributed by atoms with Gasteiger partial charge in [0.2, 0.25) is 0 Å². The van der Waals surface area contributed by atoms with Crippen molar-refractivity contribution in [3.05, 3.63) is 0 Å². The summed E-state index contributed by atoms with van der Waals surface area (Å²) in [7, 11) is 4.98. The van der Waals surface area contributed by atoms with E-state index in [1.54, 1.807) is 21.3 Å². The van der Waals surface area contributed by atoms with E-state index in [0.717, 1.165) is 22.6 Å². The summed E-state index contributed by atoms with van der Waals surface area (Å²) in [5.41, 5.74) is 0. The lowest BCUT2D eigenvalue weighted by atomic mass is 10.0. The molecule has 1 aliphatic rings. The first-order chi connectivity index (χ1) is 8.41. The number of hydrogen-bond acceptors (Lipinski definition) is 3. The first-order valence-electron chi connectivity index (χ1n) is 6.91. The van der Waals surface area contributed by atoms with Gasteiger partial charge in [-0.3, -0.25) is 0 Å². The fourth-order valence-corrected chi connectivity index (χ4v) is 5.38. The Bertz CT molecular complexity index is 250. The van der Waals surface area contributed by atoms with Gasteiger partial charge in [-0.15, -0.1) is 0 Å². The van der Waals surface area contributed by atoms with E-state index in [9.17, 15) is 0 Å². The van der Waals surface area contributed by atoms with Crippen LogP contribution in [0.25, 0.3) is 0 Å². The lowest BCUT2D eigenvalue weighted by Gasteiger charge is -2.40. The average molecular weight is 276 g/mol. The normalized spacial score (nSPS) is 29.2. The summed E-state index contributed by atoms with van der Waals surface area (Å²) in [4.78, 5) is 0. The molecule has 0 aromatic carbocycles. The molecule has 0 amide bonds. The third-order valence-corrected chi connectivity index (χ3v) is 7.29. The van der Waals surface area contributed by atoms with Gasteiger partial charge in [-0.2, -0.15) is 0 Å². The lowest BCUT2D eigenvalue weighted by Crippen LogP contribution is -2.62. The van der Waals surface area contributed by atoms with Gasteiger partial charge in [0.25, 0.3) is 0 Å². The number of likely N-dealkylation sites (tertiary alicyclic amines) is 1. The van der Waals surface area contributed by atoms with Crippen molar-refractivity contribution in [2.45, 2.75) is 39.2 Å². The molecular weight excluding hydrogens is 246 g/mol. The third-order valence-electron chi connectivity index (χ3n) is 4.32. The molecule has 0 saturated carbocycles. The summed E-state index contributed by atoms with van der Waals surface area (Å²) in [6.07, 6.45) is 4.78. The van der Waals surface area contributed by atoms with E-state index >= 15 is 0 Å². The first kappa shape index (κ1) is 16.1. The van der Waals surface area contributed by atoms with Gasteiger partial charge in [0.15, 0.2) is 0 Å². The fourth-order valence-electron chi connectivity index (χ4n) is 3.19. The number of rotatable bonds is 7. The lowest BCUT2D eigenvalue weighted by molar-refractivity contribution is -0.914. The van der Waals surface area contributed by atoms with Crippen molar-refractivity contribution in [1.29, 1.82) is 0 Å². The second kappa shape index (κ2) is 6.48. The zero-order valence-electron chi connectivity index (χ0n) is 12.9. The molecule has 2 atom stereocenters. The second-order valence-corrected chi connectivity index (χ2v) is 8.99. The van der Waals surface area contributed by atoms with Crippen LogP contribution in [0.5, 0.6) is 0 Å². The highest BCUT2D eigenvalue weighted by atomic mass is 28.4. The van der Waals surface area contributed by atoms with Crippen molar-refractivity contribution in [1.82, 2.24) is 0 Å². The van der Waals surface area contributed by atoms with Crippen molar-refractivity contribution < 1.29 is 17.8 Å². The topological polar surface area (TPSA) is 27.7 Å². The van der Waals surface area contributed by atoms with E-state index in [4.69, 9.17) is 13.3 Å². The van der Waals surface area contributed by atoms with Crippen LogP contribution < -0.4 is 0 Å². The maximum absolute atomic E-state index is 5.60. The van der Waals surface area contributed by atoms with E-state index in [-0.39, 0.29) is 0 Å². The van der Waals surface area contributed by atoms with Gasteiger partial charge < -0.3 is 17.8 Å².